The zero-order chi connectivity index (χ0) is 15.8. The van der Waals surface area contributed by atoms with Gasteiger partial charge in [-0.25, -0.2) is 19.9 Å². The van der Waals surface area contributed by atoms with Crippen LogP contribution in [0.4, 0.5) is 0 Å². The quantitative estimate of drug-likeness (QED) is 0.528. The summed E-state index contributed by atoms with van der Waals surface area (Å²) in [6, 6.07) is 4.47. The summed E-state index contributed by atoms with van der Waals surface area (Å²) < 4.78 is 2.18. The van der Waals surface area contributed by atoms with Crippen molar-refractivity contribution in [2.45, 2.75) is 18.9 Å². The molecule has 4 heterocycles. The van der Waals surface area contributed by atoms with Crippen molar-refractivity contribution < 1.29 is 0 Å². The van der Waals surface area contributed by atoms with Crippen LogP contribution in [0.3, 0.4) is 0 Å². The Morgan fingerprint density at radius 1 is 0.957 bits per heavy atom. The van der Waals surface area contributed by atoms with Gasteiger partial charge in [0.2, 0.25) is 0 Å². The Kier molecular flexibility index (Phi) is 3.63. The first-order valence-electron chi connectivity index (χ1n) is 7.14. The van der Waals surface area contributed by atoms with Gasteiger partial charge in [0.05, 0.1) is 10.8 Å². The summed E-state index contributed by atoms with van der Waals surface area (Å²) in [6.45, 7) is 0. The molecular weight excluding hydrogens is 335 g/mol. The molecule has 0 amide bonds. The van der Waals surface area contributed by atoms with Crippen LogP contribution in [0.1, 0.15) is 18.9 Å². The number of hydrogen-bond acceptors (Lipinski definition) is 4. The number of hydrogen-bond donors (Lipinski definition) is 1. The zero-order valence-electron chi connectivity index (χ0n) is 11.9. The standard InChI is InChI=1S/C9H8ClN3.C6H4ClN3/c10-8-7-3-4-13(6-1-2-6)9(7)12-5-11-8;7-5-4-1-2-8-6(4)10-3-9-5/h3-6H,1-2H2;1-3H,(H,8,9,10). The van der Waals surface area contributed by atoms with E-state index in [4.69, 9.17) is 23.2 Å². The molecule has 0 aliphatic heterocycles. The second-order valence-corrected chi connectivity index (χ2v) is 5.98. The third kappa shape index (κ3) is 2.75. The molecule has 0 aromatic carbocycles. The fourth-order valence-electron chi connectivity index (χ4n) is 2.43. The molecule has 0 atom stereocenters. The minimum Gasteiger partial charge on any atom is -0.346 e. The molecule has 4 aromatic rings. The molecule has 4 aromatic heterocycles. The number of fused-ring (bicyclic) bond motifs is 2. The van der Waals surface area contributed by atoms with E-state index in [9.17, 15) is 0 Å². The fraction of sp³-hybridized carbons (Fsp3) is 0.200. The minimum atomic E-state index is 0.492. The summed E-state index contributed by atoms with van der Waals surface area (Å²) in [5, 5.41) is 2.86. The Bertz CT molecular complexity index is 972. The van der Waals surface area contributed by atoms with Gasteiger partial charge in [0.25, 0.3) is 0 Å². The summed E-state index contributed by atoms with van der Waals surface area (Å²) in [7, 11) is 0. The predicted molar refractivity (Wildman–Crippen MR) is 89.7 cm³/mol. The fourth-order valence-corrected chi connectivity index (χ4v) is 2.82. The van der Waals surface area contributed by atoms with E-state index >= 15 is 0 Å². The van der Waals surface area contributed by atoms with Crippen LogP contribution in [0.2, 0.25) is 10.3 Å². The molecule has 116 valence electrons. The molecule has 8 heteroatoms. The van der Waals surface area contributed by atoms with Crippen molar-refractivity contribution >= 4 is 45.3 Å². The van der Waals surface area contributed by atoms with E-state index in [0.29, 0.717) is 16.3 Å². The summed E-state index contributed by atoms with van der Waals surface area (Å²) in [5.74, 6) is 0. The molecule has 5 rings (SSSR count). The van der Waals surface area contributed by atoms with Crippen molar-refractivity contribution in [3.8, 4) is 0 Å². The highest BCUT2D eigenvalue weighted by atomic mass is 35.5. The van der Waals surface area contributed by atoms with Gasteiger partial charge in [-0.1, -0.05) is 23.2 Å². The molecule has 23 heavy (non-hydrogen) atoms. The number of aromatic amines is 1. The smallest absolute Gasteiger partial charge is 0.145 e. The van der Waals surface area contributed by atoms with Crippen LogP contribution >= 0.6 is 23.2 Å². The van der Waals surface area contributed by atoms with Crippen molar-refractivity contribution in [1.29, 1.82) is 0 Å². The van der Waals surface area contributed by atoms with Gasteiger partial charge in [0.1, 0.15) is 34.3 Å². The number of nitrogens with one attached hydrogen (secondary N) is 1. The van der Waals surface area contributed by atoms with Crippen LogP contribution < -0.4 is 0 Å². The van der Waals surface area contributed by atoms with E-state index in [1.165, 1.54) is 25.5 Å². The first-order valence-corrected chi connectivity index (χ1v) is 7.90. The van der Waals surface area contributed by atoms with Crippen molar-refractivity contribution in [3.05, 3.63) is 47.5 Å². The molecule has 0 radical (unpaired) electrons. The van der Waals surface area contributed by atoms with Crippen molar-refractivity contribution in [2.75, 3.05) is 0 Å². The van der Waals surface area contributed by atoms with Gasteiger partial charge in [-0.05, 0) is 25.0 Å². The Morgan fingerprint density at radius 2 is 1.70 bits per heavy atom. The molecule has 0 saturated heterocycles. The Labute approximate surface area is 141 Å². The average Bonchev–Trinajstić information content (AvgIpc) is 3.11. The van der Waals surface area contributed by atoms with E-state index in [1.54, 1.807) is 6.20 Å². The first kappa shape index (κ1) is 14.4. The van der Waals surface area contributed by atoms with Crippen LogP contribution in [0.15, 0.2) is 37.2 Å². The second kappa shape index (κ2) is 5.79. The van der Waals surface area contributed by atoms with Gasteiger partial charge >= 0.3 is 0 Å². The third-order valence-corrected chi connectivity index (χ3v) is 4.31. The van der Waals surface area contributed by atoms with Crippen LogP contribution in [0.25, 0.3) is 22.1 Å². The van der Waals surface area contributed by atoms with Crippen LogP contribution in [0, 0.1) is 0 Å². The number of nitrogens with zero attached hydrogens (tertiary/aromatic N) is 5. The maximum absolute atomic E-state index is 5.93. The number of halogens is 2. The van der Waals surface area contributed by atoms with E-state index in [-0.39, 0.29) is 0 Å². The van der Waals surface area contributed by atoms with Gasteiger partial charge in [-0.15, -0.1) is 0 Å². The maximum Gasteiger partial charge on any atom is 0.145 e. The van der Waals surface area contributed by atoms with Gasteiger partial charge in [-0.3, -0.25) is 0 Å². The lowest BCUT2D eigenvalue weighted by Crippen LogP contribution is -1.93. The van der Waals surface area contributed by atoms with E-state index in [1.807, 2.05) is 18.3 Å². The summed E-state index contributed by atoms with van der Waals surface area (Å²) >= 11 is 11.7. The zero-order valence-corrected chi connectivity index (χ0v) is 13.5. The van der Waals surface area contributed by atoms with E-state index in [0.717, 1.165) is 22.1 Å². The molecule has 1 fully saturated rings. The normalized spacial score (nSPS) is 14.0. The van der Waals surface area contributed by atoms with Crippen LogP contribution in [0.5, 0.6) is 0 Å². The highest BCUT2D eigenvalue weighted by Crippen LogP contribution is 2.37. The van der Waals surface area contributed by atoms with E-state index < -0.39 is 0 Å². The largest absolute Gasteiger partial charge is 0.346 e. The Balaban J connectivity index is 0.000000122. The molecule has 1 N–H and O–H groups in total. The lowest BCUT2D eigenvalue weighted by atomic mass is 10.4. The minimum absolute atomic E-state index is 0.492. The van der Waals surface area contributed by atoms with Crippen molar-refractivity contribution in [3.63, 3.8) is 0 Å². The lowest BCUT2D eigenvalue weighted by molar-refractivity contribution is 0.765. The predicted octanol–water partition coefficient (Wildman–Crippen LogP) is 4.03. The molecule has 1 saturated carbocycles. The maximum atomic E-state index is 5.93. The highest BCUT2D eigenvalue weighted by molar-refractivity contribution is 6.34. The van der Waals surface area contributed by atoms with Gasteiger partial charge in [0, 0.05) is 18.4 Å². The highest BCUT2D eigenvalue weighted by Gasteiger charge is 2.25. The van der Waals surface area contributed by atoms with Crippen LogP contribution in [-0.2, 0) is 0 Å². The number of aromatic nitrogens is 6. The molecular formula is C15H12Cl2N6. The van der Waals surface area contributed by atoms with E-state index in [2.05, 4.69) is 29.5 Å². The average molecular weight is 347 g/mol. The first-order chi connectivity index (χ1) is 11.2. The summed E-state index contributed by atoms with van der Waals surface area (Å²) in [4.78, 5) is 18.9. The van der Waals surface area contributed by atoms with Crippen molar-refractivity contribution in [1.82, 2.24) is 29.5 Å². The van der Waals surface area contributed by atoms with Gasteiger partial charge < -0.3 is 9.55 Å². The van der Waals surface area contributed by atoms with Crippen molar-refractivity contribution in [2.24, 2.45) is 0 Å². The third-order valence-electron chi connectivity index (χ3n) is 3.71. The summed E-state index contributed by atoms with van der Waals surface area (Å²) in [5.41, 5.74) is 1.74. The molecule has 0 spiro atoms. The molecule has 1 aliphatic rings. The molecule has 1 aliphatic carbocycles. The monoisotopic (exact) mass is 346 g/mol. The SMILES string of the molecule is Clc1ncnc2[nH]ccc12.Clc1ncnc2c1ccn2C1CC1. The number of H-pyrrole nitrogens is 1. The number of rotatable bonds is 1. The Hall–Kier alpha value is -2.18. The summed E-state index contributed by atoms with van der Waals surface area (Å²) in [6.07, 6.45) is 9.29. The second-order valence-electron chi connectivity index (χ2n) is 5.26. The molecule has 6 nitrogen and oxygen atoms in total. The Morgan fingerprint density at radius 3 is 2.43 bits per heavy atom. The lowest BCUT2D eigenvalue weighted by Gasteiger charge is -2.00. The molecule has 0 unspecified atom stereocenters. The topological polar surface area (TPSA) is 72.3 Å². The molecule has 0 bridgehead atoms. The van der Waals surface area contributed by atoms with Crippen LogP contribution in [-0.4, -0.2) is 29.5 Å². The van der Waals surface area contributed by atoms with Gasteiger partial charge in [0.15, 0.2) is 0 Å². The van der Waals surface area contributed by atoms with Gasteiger partial charge in [-0.2, -0.15) is 0 Å².